The standard InChI is InChI=1S/C20H18ClN3O2/c1-3-7-20(2)12-17(24-20)16-11-15(6-8-22-16)23-19(26)10-13-9-14(21)4-5-18(13)25/h4-6,8-9,11-12,24-25H,10H2,1-2H3,(H,22,23,26). The summed E-state index contributed by atoms with van der Waals surface area (Å²) in [4.78, 5) is 16.6. The quantitative estimate of drug-likeness (QED) is 0.724. The smallest absolute Gasteiger partial charge is 0.228 e. The monoisotopic (exact) mass is 367 g/mol. The molecule has 2 heterocycles. The third kappa shape index (κ3) is 3.98. The van der Waals surface area contributed by atoms with Crippen LogP contribution in [0.25, 0.3) is 5.70 Å². The average Bonchev–Trinajstić information content (AvgIpc) is 2.56. The van der Waals surface area contributed by atoms with Crippen molar-refractivity contribution in [3.63, 3.8) is 0 Å². The Kier molecular flexibility index (Phi) is 4.88. The molecule has 0 bridgehead atoms. The van der Waals surface area contributed by atoms with Crippen molar-refractivity contribution < 1.29 is 9.90 Å². The zero-order chi connectivity index (χ0) is 18.7. The van der Waals surface area contributed by atoms with Gasteiger partial charge in [0.05, 0.1) is 17.8 Å². The summed E-state index contributed by atoms with van der Waals surface area (Å²) in [5, 5.41) is 16.4. The summed E-state index contributed by atoms with van der Waals surface area (Å²) in [5.74, 6) is 5.75. The molecule has 0 radical (unpaired) electrons. The van der Waals surface area contributed by atoms with Crippen LogP contribution in [0.1, 0.15) is 25.1 Å². The SMILES string of the molecule is CC#CC1(C)C=C(c2cc(NC(=O)Cc3cc(Cl)ccc3O)ccn2)N1. The zero-order valence-electron chi connectivity index (χ0n) is 14.4. The van der Waals surface area contributed by atoms with Crippen LogP contribution in [-0.4, -0.2) is 21.5 Å². The van der Waals surface area contributed by atoms with Gasteiger partial charge in [-0.1, -0.05) is 17.5 Å². The molecule has 1 aromatic carbocycles. The van der Waals surface area contributed by atoms with Crippen LogP contribution in [0.3, 0.4) is 0 Å². The van der Waals surface area contributed by atoms with Gasteiger partial charge in [0.15, 0.2) is 0 Å². The summed E-state index contributed by atoms with van der Waals surface area (Å²) >= 11 is 5.91. The van der Waals surface area contributed by atoms with Gasteiger partial charge in [0, 0.05) is 22.5 Å². The van der Waals surface area contributed by atoms with Crippen molar-refractivity contribution in [2.45, 2.75) is 25.8 Å². The molecule has 132 valence electrons. The van der Waals surface area contributed by atoms with E-state index in [9.17, 15) is 9.90 Å². The van der Waals surface area contributed by atoms with E-state index in [1.165, 1.54) is 6.07 Å². The molecule has 26 heavy (non-hydrogen) atoms. The number of amides is 1. The molecule has 0 saturated carbocycles. The first-order valence-electron chi connectivity index (χ1n) is 8.07. The largest absolute Gasteiger partial charge is 0.508 e. The van der Waals surface area contributed by atoms with Crippen molar-refractivity contribution in [3.05, 3.63) is 58.9 Å². The van der Waals surface area contributed by atoms with E-state index in [0.29, 0.717) is 16.3 Å². The molecule has 3 N–H and O–H groups in total. The molecule has 6 heteroatoms. The van der Waals surface area contributed by atoms with E-state index in [4.69, 9.17) is 11.6 Å². The fourth-order valence-electron chi connectivity index (χ4n) is 2.76. The van der Waals surface area contributed by atoms with Gasteiger partial charge in [0.1, 0.15) is 11.3 Å². The van der Waals surface area contributed by atoms with Gasteiger partial charge in [0.25, 0.3) is 0 Å². The number of aromatic hydroxyl groups is 1. The van der Waals surface area contributed by atoms with Crippen molar-refractivity contribution in [3.8, 4) is 17.6 Å². The Morgan fingerprint density at radius 3 is 2.88 bits per heavy atom. The van der Waals surface area contributed by atoms with Crippen molar-refractivity contribution in [1.29, 1.82) is 0 Å². The Morgan fingerprint density at radius 1 is 1.38 bits per heavy atom. The number of benzene rings is 1. The number of pyridine rings is 1. The number of nitrogens with one attached hydrogen (secondary N) is 2. The molecule has 2 aromatic rings. The van der Waals surface area contributed by atoms with Crippen LogP contribution in [0, 0.1) is 11.8 Å². The summed E-state index contributed by atoms with van der Waals surface area (Å²) in [5.41, 5.74) is 2.36. The molecule has 0 spiro atoms. The molecule has 0 saturated heterocycles. The van der Waals surface area contributed by atoms with E-state index in [1.54, 1.807) is 37.4 Å². The molecule has 5 nitrogen and oxygen atoms in total. The molecular weight excluding hydrogens is 350 g/mol. The first kappa shape index (κ1) is 17.8. The highest BCUT2D eigenvalue weighted by Crippen LogP contribution is 2.27. The molecule has 1 aliphatic heterocycles. The Bertz CT molecular complexity index is 959. The topological polar surface area (TPSA) is 74.2 Å². The van der Waals surface area contributed by atoms with E-state index in [0.717, 1.165) is 11.4 Å². The Labute approximate surface area is 157 Å². The molecule has 1 amide bonds. The highest BCUT2D eigenvalue weighted by molar-refractivity contribution is 6.30. The fourth-order valence-corrected chi connectivity index (χ4v) is 2.95. The highest BCUT2D eigenvalue weighted by Gasteiger charge is 2.30. The Morgan fingerprint density at radius 2 is 2.15 bits per heavy atom. The maximum Gasteiger partial charge on any atom is 0.228 e. The zero-order valence-corrected chi connectivity index (χ0v) is 15.2. The number of aromatic nitrogens is 1. The van der Waals surface area contributed by atoms with Crippen LogP contribution in [0.5, 0.6) is 5.75 Å². The van der Waals surface area contributed by atoms with Crippen LogP contribution >= 0.6 is 11.6 Å². The van der Waals surface area contributed by atoms with Crippen molar-refractivity contribution in [1.82, 2.24) is 10.3 Å². The predicted octanol–water partition coefficient (Wildman–Crippen LogP) is 3.35. The average molecular weight is 368 g/mol. The molecule has 0 fully saturated rings. The second kappa shape index (κ2) is 7.11. The van der Waals surface area contributed by atoms with Crippen LogP contribution in [-0.2, 0) is 11.2 Å². The Hall–Kier alpha value is -2.97. The van der Waals surface area contributed by atoms with Crippen molar-refractivity contribution >= 4 is 28.9 Å². The number of carbonyl (C=O) groups is 1. The van der Waals surface area contributed by atoms with Crippen LogP contribution in [0.15, 0.2) is 42.6 Å². The first-order valence-corrected chi connectivity index (χ1v) is 8.45. The van der Waals surface area contributed by atoms with E-state index in [1.807, 2.05) is 13.0 Å². The van der Waals surface area contributed by atoms with Crippen LogP contribution in [0.4, 0.5) is 5.69 Å². The molecule has 1 aromatic heterocycles. The summed E-state index contributed by atoms with van der Waals surface area (Å²) in [6.45, 7) is 3.78. The second-order valence-corrected chi connectivity index (χ2v) is 6.62. The summed E-state index contributed by atoms with van der Waals surface area (Å²) in [6, 6.07) is 8.12. The van der Waals surface area contributed by atoms with Crippen molar-refractivity contribution in [2.75, 3.05) is 5.32 Å². The van der Waals surface area contributed by atoms with Crippen LogP contribution in [0.2, 0.25) is 5.02 Å². The number of hydrogen-bond acceptors (Lipinski definition) is 4. The third-order valence-corrected chi connectivity index (χ3v) is 4.16. The number of phenolic OH excluding ortho intramolecular Hbond substituents is 1. The van der Waals surface area contributed by atoms with E-state index < -0.39 is 0 Å². The molecule has 3 rings (SSSR count). The van der Waals surface area contributed by atoms with Gasteiger partial charge >= 0.3 is 0 Å². The number of carbonyl (C=O) groups excluding carboxylic acids is 1. The maximum atomic E-state index is 12.3. The number of halogens is 1. The molecule has 1 aliphatic rings. The van der Waals surface area contributed by atoms with E-state index in [-0.39, 0.29) is 23.6 Å². The summed E-state index contributed by atoms with van der Waals surface area (Å²) < 4.78 is 0. The first-order chi connectivity index (χ1) is 12.4. The number of hydrogen-bond donors (Lipinski definition) is 3. The fraction of sp³-hybridized carbons (Fsp3) is 0.200. The third-order valence-electron chi connectivity index (χ3n) is 3.92. The molecule has 0 aliphatic carbocycles. The van der Waals surface area contributed by atoms with Gasteiger partial charge in [-0.25, -0.2) is 0 Å². The predicted molar refractivity (Wildman–Crippen MR) is 103 cm³/mol. The minimum Gasteiger partial charge on any atom is -0.508 e. The maximum absolute atomic E-state index is 12.3. The van der Waals surface area contributed by atoms with Gasteiger partial charge in [-0.05, 0) is 50.3 Å². The van der Waals surface area contributed by atoms with Gasteiger partial charge in [-0.2, -0.15) is 0 Å². The number of nitrogens with zero attached hydrogens (tertiary/aromatic N) is 1. The highest BCUT2D eigenvalue weighted by atomic mass is 35.5. The lowest BCUT2D eigenvalue weighted by molar-refractivity contribution is -0.115. The van der Waals surface area contributed by atoms with Gasteiger partial charge in [0.2, 0.25) is 5.91 Å². The lowest BCUT2D eigenvalue weighted by atomic mass is 9.92. The second-order valence-electron chi connectivity index (χ2n) is 6.19. The molecular formula is C20H18ClN3O2. The van der Waals surface area contributed by atoms with Gasteiger partial charge in [-0.15, -0.1) is 5.92 Å². The lowest BCUT2D eigenvalue weighted by Gasteiger charge is -2.34. The normalized spacial score (nSPS) is 17.9. The Balaban J connectivity index is 1.70. The summed E-state index contributed by atoms with van der Waals surface area (Å²) in [7, 11) is 0. The molecule has 1 unspecified atom stereocenters. The summed E-state index contributed by atoms with van der Waals surface area (Å²) in [6.07, 6.45) is 3.65. The van der Waals surface area contributed by atoms with Crippen LogP contribution < -0.4 is 10.6 Å². The van der Waals surface area contributed by atoms with Crippen molar-refractivity contribution in [2.24, 2.45) is 0 Å². The van der Waals surface area contributed by atoms with Gasteiger partial charge < -0.3 is 15.7 Å². The molecule has 1 atom stereocenters. The van der Waals surface area contributed by atoms with E-state index in [2.05, 4.69) is 27.5 Å². The number of anilines is 1. The van der Waals surface area contributed by atoms with E-state index >= 15 is 0 Å². The van der Waals surface area contributed by atoms with Gasteiger partial charge in [-0.3, -0.25) is 9.78 Å². The lowest BCUT2D eigenvalue weighted by Crippen LogP contribution is -2.46. The number of rotatable bonds is 4. The minimum atomic E-state index is -0.338. The minimum absolute atomic E-state index is 0.0230. The number of phenols is 1.